The minimum absolute atomic E-state index is 0.310. The van der Waals surface area contributed by atoms with Crippen LogP contribution in [-0.2, 0) is 0 Å². The lowest BCUT2D eigenvalue weighted by Gasteiger charge is -2.13. The van der Waals surface area contributed by atoms with Gasteiger partial charge in [-0.2, -0.15) is 0 Å². The Kier molecular flexibility index (Phi) is 4.63. The van der Waals surface area contributed by atoms with E-state index in [1.54, 1.807) is 0 Å². The Morgan fingerprint density at radius 3 is 2.40 bits per heavy atom. The average molecular weight is 206 g/mol. The van der Waals surface area contributed by atoms with Gasteiger partial charge in [-0.25, -0.2) is 0 Å². The largest absolute Gasteiger partial charge is 0.385 e. The Morgan fingerprint density at radius 1 is 1.27 bits per heavy atom. The van der Waals surface area contributed by atoms with Crippen molar-refractivity contribution >= 4 is 5.69 Å². The predicted octanol–water partition coefficient (Wildman–Crippen LogP) is 2.84. The van der Waals surface area contributed by atoms with Gasteiger partial charge in [0.25, 0.3) is 0 Å². The molecule has 1 rings (SSSR count). The molecule has 0 aliphatic rings. The van der Waals surface area contributed by atoms with Crippen LogP contribution in [0.3, 0.4) is 0 Å². The summed E-state index contributed by atoms with van der Waals surface area (Å²) in [5.74, 6) is 0. The molecule has 0 amide bonds. The van der Waals surface area contributed by atoms with Crippen LogP contribution in [0.5, 0.6) is 0 Å². The maximum atomic E-state index is 5.70. The molecule has 0 spiro atoms. The molecule has 0 aliphatic heterocycles. The van der Waals surface area contributed by atoms with E-state index in [4.69, 9.17) is 5.73 Å². The maximum Gasteiger partial charge on any atom is 0.0399 e. The van der Waals surface area contributed by atoms with Crippen molar-refractivity contribution < 1.29 is 0 Å². The number of hydrogen-bond acceptors (Lipinski definition) is 2. The fraction of sp³-hybridized carbons (Fsp3) is 0.538. The van der Waals surface area contributed by atoms with Crippen LogP contribution in [0.2, 0.25) is 0 Å². The van der Waals surface area contributed by atoms with Crippen molar-refractivity contribution in [1.29, 1.82) is 0 Å². The van der Waals surface area contributed by atoms with Crippen molar-refractivity contribution in [3.05, 3.63) is 29.3 Å². The number of aryl methyl sites for hydroxylation is 2. The Hall–Kier alpha value is -1.02. The number of rotatable bonds is 5. The molecule has 0 heterocycles. The van der Waals surface area contributed by atoms with Crippen molar-refractivity contribution in [2.24, 2.45) is 5.73 Å². The molecule has 15 heavy (non-hydrogen) atoms. The molecule has 0 saturated heterocycles. The van der Waals surface area contributed by atoms with Crippen molar-refractivity contribution in [2.75, 3.05) is 11.9 Å². The third kappa shape index (κ3) is 3.92. The lowest BCUT2D eigenvalue weighted by Crippen LogP contribution is -2.16. The Bertz CT molecular complexity index is 285. The minimum Gasteiger partial charge on any atom is -0.385 e. The summed E-state index contributed by atoms with van der Waals surface area (Å²) in [6.45, 7) is 7.34. The molecular weight excluding hydrogens is 184 g/mol. The van der Waals surface area contributed by atoms with Gasteiger partial charge in [0.15, 0.2) is 0 Å². The van der Waals surface area contributed by atoms with Gasteiger partial charge in [0.2, 0.25) is 0 Å². The van der Waals surface area contributed by atoms with Crippen LogP contribution in [0, 0.1) is 13.8 Å². The summed E-state index contributed by atoms with van der Waals surface area (Å²) in [7, 11) is 0. The van der Waals surface area contributed by atoms with Gasteiger partial charge in [0.05, 0.1) is 0 Å². The number of anilines is 1. The van der Waals surface area contributed by atoms with Gasteiger partial charge in [-0.3, -0.25) is 0 Å². The van der Waals surface area contributed by atoms with Gasteiger partial charge in [-0.15, -0.1) is 0 Å². The lowest BCUT2D eigenvalue weighted by molar-refractivity contribution is 0.639. The summed E-state index contributed by atoms with van der Waals surface area (Å²) in [5.41, 5.74) is 9.61. The SMILES string of the molecule is Cc1cccc(C)c1NCCCC(C)N. The van der Waals surface area contributed by atoms with Crippen molar-refractivity contribution in [1.82, 2.24) is 0 Å². The molecule has 0 fully saturated rings. The molecule has 84 valence electrons. The molecule has 0 aliphatic carbocycles. The fourth-order valence-electron chi connectivity index (χ4n) is 1.73. The molecule has 2 nitrogen and oxygen atoms in total. The molecule has 1 aromatic rings. The number of hydrogen-bond donors (Lipinski definition) is 2. The first-order valence-electron chi connectivity index (χ1n) is 5.67. The lowest BCUT2D eigenvalue weighted by atomic mass is 10.1. The van der Waals surface area contributed by atoms with Crippen molar-refractivity contribution in [2.45, 2.75) is 39.7 Å². The van der Waals surface area contributed by atoms with Crippen LogP contribution < -0.4 is 11.1 Å². The number of para-hydroxylation sites is 1. The van der Waals surface area contributed by atoms with Crippen LogP contribution in [0.15, 0.2) is 18.2 Å². The summed E-state index contributed by atoms with van der Waals surface area (Å²) < 4.78 is 0. The van der Waals surface area contributed by atoms with E-state index in [9.17, 15) is 0 Å². The first-order chi connectivity index (χ1) is 7.11. The van der Waals surface area contributed by atoms with E-state index in [0.29, 0.717) is 6.04 Å². The number of benzene rings is 1. The average Bonchev–Trinajstić information content (AvgIpc) is 2.15. The van der Waals surface area contributed by atoms with Crippen molar-refractivity contribution in [3.63, 3.8) is 0 Å². The second-order valence-electron chi connectivity index (χ2n) is 4.31. The molecule has 0 radical (unpaired) electrons. The quantitative estimate of drug-likeness (QED) is 0.727. The Labute approximate surface area is 92.9 Å². The zero-order valence-electron chi connectivity index (χ0n) is 10.0. The second-order valence-corrected chi connectivity index (χ2v) is 4.31. The van der Waals surface area contributed by atoms with Crippen LogP contribution >= 0.6 is 0 Å². The monoisotopic (exact) mass is 206 g/mol. The maximum absolute atomic E-state index is 5.70. The molecule has 0 aromatic heterocycles. The van der Waals surface area contributed by atoms with Gasteiger partial charge in [0, 0.05) is 18.3 Å². The van der Waals surface area contributed by atoms with Gasteiger partial charge < -0.3 is 11.1 Å². The van der Waals surface area contributed by atoms with E-state index in [2.05, 4.69) is 44.3 Å². The van der Waals surface area contributed by atoms with Gasteiger partial charge in [-0.05, 0) is 44.7 Å². The Morgan fingerprint density at radius 2 is 1.87 bits per heavy atom. The summed E-state index contributed by atoms with van der Waals surface area (Å²) in [5, 5.41) is 3.48. The molecule has 0 saturated carbocycles. The highest BCUT2D eigenvalue weighted by Crippen LogP contribution is 2.19. The van der Waals surface area contributed by atoms with E-state index >= 15 is 0 Å². The van der Waals surface area contributed by atoms with E-state index in [0.717, 1.165) is 19.4 Å². The topological polar surface area (TPSA) is 38.0 Å². The molecule has 1 atom stereocenters. The first kappa shape index (κ1) is 12.1. The molecule has 1 aromatic carbocycles. The van der Waals surface area contributed by atoms with Crippen LogP contribution in [-0.4, -0.2) is 12.6 Å². The summed E-state index contributed by atoms with van der Waals surface area (Å²) in [6.07, 6.45) is 2.21. The highest BCUT2D eigenvalue weighted by atomic mass is 14.9. The molecule has 2 heteroatoms. The summed E-state index contributed by atoms with van der Waals surface area (Å²) >= 11 is 0. The van der Waals surface area contributed by atoms with E-state index in [-0.39, 0.29) is 0 Å². The highest BCUT2D eigenvalue weighted by molar-refractivity contribution is 5.56. The Balaban J connectivity index is 2.43. The van der Waals surface area contributed by atoms with Gasteiger partial charge >= 0.3 is 0 Å². The standard InChI is InChI=1S/C13H22N2/c1-10-6-4-7-11(2)13(10)15-9-5-8-12(3)14/h4,6-7,12,15H,5,8-9,14H2,1-3H3. The van der Waals surface area contributed by atoms with Gasteiger partial charge in [-0.1, -0.05) is 18.2 Å². The summed E-state index contributed by atoms with van der Waals surface area (Å²) in [4.78, 5) is 0. The zero-order chi connectivity index (χ0) is 11.3. The third-order valence-electron chi connectivity index (χ3n) is 2.62. The van der Waals surface area contributed by atoms with Crippen LogP contribution in [0.1, 0.15) is 30.9 Å². The molecular formula is C13H22N2. The molecule has 3 N–H and O–H groups in total. The van der Waals surface area contributed by atoms with E-state index in [1.165, 1.54) is 16.8 Å². The first-order valence-corrected chi connectivity index (χ1v) is 5.67. The smallest absolute Gasteiger partial charge is 0.0399 e. The highest BCUT2D eigenvalue weighted by Gasteiger charge is 2.00. The third-order valence-corrected chi connectivity index (χ3v) is 2.62. The van der Waals surface area contributed by atoms with E-state index < -0.39 is 0 Å². The summed E-state index contributed by atoms with van der Waals surface area (Å²) in [6, 6.07) is 6.68. The second kappa shape index (κ2) is 5.76. The molecule has 1 unspecified atom stereocenters. The minimum atomic E-state index is 0.310. The van der Waals surface area contributed by atoms with E-state index in [1.807, 2.05) is 0 Å². The van der Waals surface area contributed by atoms with Crippen LogP contribution in [0.25, 0.3) is 0 Å². The van der Waals surface area contributed by atoms with Crippen molar-refractivity contribution in [3.8, 4) is 0 Å². The van der Waals surface area contributed by atoms with Crippen LogP contribution in [0.4, 0.5) is 5.69 Å². The number of nitrogens with two attached hydrogens (primary N) is 1. The zero-order valence-corrected chi connectivity index (χ0v) is 10.0. The van der Waals surface area contributed by atoms with Gasteiger partial charge in [0.1, 0.15) is 0 Å². The molecule has 0 bridgehead atoms. The number of nitrogens with one attached hydrogen (secondary N) is 1. The predicted molar refractivity (Wildman–Crippen MR) is 67.3 cm³/mol. The normalized spacial score (nSPS) is 12.5. The fourth-order valence-corrected chi connectivity index (χ4v) is 1.73.